The molecule has 0 saturated carbocycles. The molecule has 8 nitrogen and oxygen atoms in total. The van der Waals surface area contributed by atoms with Crippen LogP contribution in [0.4, 0.5) is 0 Å². The van der Waals surface area contributed by atoms with Gasteiger partial charge in [0.2, 0.25) is 5.88 Å². The quantitative estimate of drug-likeness (QED) is 0.329. The summed E-state index contributed by atoms with van der Waals surface area (Å²) in [6, 6.07) is 3.91. The van der Waals surface area contributed by atoms with Crippen LogP contribution in [0.2, 0.25) is 0 Å². The van der Waals surface area contributed by atoms with Crippen molar-refractivity contribution in [2.45, 2.75) is 39.8 Å². The van der Waals surface area contributed by atoms with Gasteiger partial charge in [-0.3, -0.25) is 4.99 Å². The van der Waals surface area contributed by atoms with Gasteiger partial charge in [0.1, 0.15) is 12.2 Å². The second-order valence-electron chi connectivity index (χ2n) is 5.46. The lowest BCUT2D eigenvalue weighted by molar-refractivity contribution is 0.301. The summed E-state index contributed by atoms with van der Waals surface area (Å²) in [4.78, 5) is 8.54. The van der Waals surface area contributed by atoms with Gasteiger partial charge in [-0.15, -0.1) is 34.2 Å². The summed E-state index contributed by atoms with van der Waals surface area (Å²) in [5.41, 5.74) is 1.01. The zero-order valence-corrected chi connectivity index (χ0v) is 17.9. The third-order valence-electron chi connectivity index (χ3n) is 3.62. The van der Waals surface area contributed by atoms with Crippen molar-refractivity contribution in [2.75, 3.05) is 20.2 Å². The standard InChI is InChI=1S/C17H27N7O.HI/c1-4-11-25-16-14(7-6-8-19-16)12-21-17(18-3)20-9-10-24-13-22-23-15(24)5-2;/h6-8,13H,4-5,9-12H2,1-3H3,(H2,18,20,21);1H. The van der Waals surface area contributed by atoms with Gasteiger partial charge in [0, 0.05) is 44.9 Å². The summed E-state index contributed by atoms with van der Waals surface area (Å²) in [5, 5.41) is 14.6. The first kappa shape index (κ1) is 22.1. The maximum atomic E-state index is 5.68. The molecule has 0 amide bonds. The van der Waals surface area contributed by atoms with E-state index in [1.807, 2.05) is 16.7 Å². The van der Waals surface area contributed by atoms with Gasteiger partial charge >= 0.3 is 0 Å². The molecule has 0 aliphatic rings. The number of hydrogen-bond donors (Lipinski definition) is 2. The van der Waals surface area contributed by atoms with Crippen molar-refractivity contribution in [3.63, 3.8) is 0 Å². The zero-order valence-electron chi connectivity index (χ0n) is 15.6. The van der Waals surface area contributed by atoms with Gasteiger partial charge in [0.05, 0.1) is 6.61 Å². The van der Waals surface area contributed by atoms with E-state index in [0.717, 1.165) is 43.3 Å². The molecule has 2 aromatic rings. The topological polar surface area (TPSA) is 89.2 Å². The van der Waals surface area contributed by atoms with Gasteiger partial charge in [0.15, 0.2) is 5.96 Å². The SMILES string of the molecule is CCCOc1ncccc1CNC(=NC)NCCn1cnnc1CC.I. The second kappa shape index (κ2) is 12.4. The number of hydrogen-bond acceptors (Lipinski definition) is 5. The van der Waals surface area contributed by atoms with Crippen LogP contribution in [-0.2, 0) is 19.5 Å². The molecule has 0 spiro atoms. The first-order valence-corrected chi connectivity index (χ1v) is 8.66. The lowest BCUT2D eigenvalue weighted by Gasteiger charge is -2.14. The number of nitrogens with zero attached hydrogens (tertiary/aromatic N) is 5. The van der Waals surface area contributed by atoms with Crippen molar-refractivity contribution in [2.24, 2.45) is 4.99 Å². The molecule has 0 radical (unpaired) electrons. The van der Waals surface area contributed by atoms with Gasteiger partial charge < -0.3 is 19.9 Å². The number of aliphatic imine (C=N–C) groups is 1. The molecule has 0 aromatic carbocycles. The minimum atomic E-state index is 0. The van der Waals surface area contributed by atoms with E-state index < -0.39 is 0 Å². The van der Waals surface area contributed by atoms with E-state index in [1.54, 1.807) is 19.6 Å². The van der Waals surface area contributed by atoms with Crippen LogP contribution in [0.25, 0.3) is 0 Å². The predicted molar refractivity (Wildman–Crippen MR) is 113 cm³/mol. The smallest absolute Gasteiger partial charge is 0.218 e. The van der Waals surface area contributed by atoms with Crippen LogP contribution in [0.5, 0.6) is 5.88 Å². The Kier molecular flexibility index (Phi) is 10.6. The molecule has 0 unspecified atom stereocenters. The summed E-state index contributed by atoms with van der Waals surface area (Å²) >= 11 is 0. The molecule has 2 N–H and O–H groups in total. The molecule has 2 rings (SSSR count). The van der Waals surface area contributed by atoms with Crippen molar-refractivity contribution < 1.29 is 4.74 Å². The van der Waals surface area contributed by atoms with E-state index in [1.165, 1.54) is 0 Å². The van der Waals surface area contributed by atoms with E-state index in [4.69, 9.17) is 4.74 Å². The Morgan fingerprint density at radius 3 is 2.88 bits per heavy atom. The number of rotatable bonds is 9. The Morgan fingerprint density at radius 1 is 1.31 bits per heavy atom. The summed E-state index contributed by atoms with van der Waals surface area (Å²) in [6.45, 7) is 6.92. The van der Waals surface area contributed by atoms with Gasteiger partial charge in [-0.2, -0.15) is 0 Å². The molecule has 0 saturated heterocycles. The maximum Gasteiger partial charge on any atom is 0.218 e. The average Bonchev–Trinajstić information content (AvgIpc) is 3.11. The van der Waals surface area contributed by atoms with Crippen molar-refractivity contribution in [1.82, 2.24) is 30.4 Å². The van der Waals surface area contributed by atoms with E-state index in [0.29, 0.717) is 19.0 Å². The summed E-state index contributed by atoms with van der Waals surface area (Å²) in [7, 11) is 1.75. The fourth-order valence-corrected chi connectivity index (χ4v) is 2.32. The molecular formula is C17H28IN7O. The van der Waals surface area contributed by atoms with Crippen LogP contribution in [0, 0.1) is 0 Å². The molecule has 26 heavy (non-hydrogen) atoms. The molecule has 9 heteroatoms. The Morgan fingerprint density at radius 2 is 2.15 bits per heavy atom. The fourth-order valence-electron chi connectivity index (χ4n) is 2.32. The van der Waals surface area contributed by atoms with Crippen molar-refractivity contribution >= 4 is 29.9 Å². The van der Waals surface area contributed by atoms with E-state index in [2.05, 4.69) is 44.7 Å². The number of aromatic nitrogens is 4. The monoisotopic (exact) mass is 473 g/mol. The van der Waals surface area contributed by atoms with Gasteiger partial charge in [-0.25, -0.2) is 4.98 Å². The summed E-state index contributed by atoms with van der Waals surface area (Å²) in [6.07, 6.45) is 5.32. The number of guanidine groups is 1. The second-order valence-corrected chi connectivity index (χ2v) is 5.46. The summed E-state index contributed by atoms with van der Waals surface area (Å²) < 4.78 is 7.72. The maximum absolute atomic E-state index is 5.68. The van der Waals surface area contributed by atoms with E-state index in [9.17, 15) is 0 Å². The molecule has 2 heterocycles. The molecule has 0 atom stereocenters. The first-order valence-electron chi connectivity index (χ1n) is 8.66. The molecule has 0 aliphatic carbocycles. The number of nitrogens with one attached hydrogen (secondary N) is 2. The van der Waals surface area contributed by atoms with Crippen LogP contribution >= 0.6 is 24.0 Å². The van der Waals surface area contributed by atoms with Crippen LogP contribution in [0.3, 0.4) is 0 Å². The molecule has 0 aliphatic heterocycles. The predicted octanol–water partition coefficient (Wildman–Crippen LogP) is 2.01. The molecule has 0 bridgehead atoms. The van der Waals surface area contributed by atoms with Crippen LogP contribution in [0.15, 0.2) is 29.6 Å². The highest BCUT2D eigenvalue weighted by Gasteiger charge is 2.06. The average molecular weight is 473 g/mol. The number of pyridine rings is 1. The van der Waals surface area contributed by atoms with Gasteiger partial charge in [0.25, 0.3) is 0 Å². The fraction of sp³-hybridized carbons (Fsp3) is 0.529. The van der Waals surface area contributed by atoms with E-state index >= 15 is 0 Å². The highest BCUT2D eigenvalue weighted by atomic mass is 127. The highest BCUT2D eigenvalue weighted by Crippen LogP contribution is 2.14. The van der Waals surface area contributed by atoms with Gasteiger partial charge in [-0.1, -0.05) is 19.9 Å². The van der Waals surface area contributed by atoms with Crippen LogP contribution < -0.4 is 15.4 Å². The number of halogens is 1. The largest absolute Gasteiger partial charge is 0.477 e. The summed E-state index contributed by atoms with van der Waals surface area (Å²) in [5.74, 6) is 2.39. The minimum absolute atomic E-state index is 0. The Labute approximate surface area is 171 Å². The van der Waals surface area contributed by atoms with Crippen molar-refractivity contribution in [3.8, 4) is 5.88 Å². The van der Waals surface area contributed by atoms with Crippen molar-refractivity contribution in [1.29, 1.82) is 0 Å². The Hall–Kier alpha value is -1.91. The number of ether oxygens (including phenoxy) is 1. The lowest BCUT2D eigenvalue weighted by atomic mass is 10.2. The normalized spacial score (nSPS) is 11.0. The van der Waals surface area contributed by atoms with Crippen molar-refractivity contribution in [3.05, 3.63) is 36.0 Å². The lowest BCUT2D eigenvalue weighted by Crippen LogP contribution is -2.38. The van der Waals surface area contributed by atoms with E-state index in [-0.39, 0.29) is 24.0 Å². The molecular weight excluding hydrogens is 445 g/mol. The third-order valence-corrected chi connectivity index (χ3v) is 3.62. The first-order chi connectivity index (χ1) is 12.3. The zero-order chi connectivity index (χ0) is 17.9. The van der Waals surface area contributed by atoms with Crippen LogP contribution in [-0.4, -0.2) is 45.9 Å². The molecule has 144 valence electrons. The molecule has 2 aromatic heterocycles. The molecule has 0 fully saturated rings. The third kappa shape index (κ3) is 6.77. The van der Waals surface area contributed by atoms with Crippen LogP contribution in [0.1, 0.15) is 31.7 Å². The minimum Gasteiger partial charge on any atom is -0.477 e. The highest BCUT2D eigenvalue weighted by molar-refractivity contribution is 14.0. The Balaban J connectivity index is 0.00000338. The van der Waals surface area contributed by atoms with Gasteiger partial charge in [-0.05, 0) is 12.5 Å². The Bertz CT molecular complexity index is 675. The number of aryl methyl sites for hydroxylation is 1.